The lowest BCUT2D eigenvalue weighted by molar-refractivity contribution is -0.0520. The largest absolute Gasteiger partial charge is 0.391 e. The first-order valence-corrected chi connectivity index (χ1v) is 9.84. The molecule has 1 aromatic heterocycles. The minimum atomic E-state index is -0.169. The second-order valence-electron chi connectivity index (χ2n) is 8.05. The molecule has 0 spiro atoms. The van der Waals surface area contributed by atoms with Gasteiger partial charge < -0.3 is 14.7 Å². The Labute approximate surface area is 151 Å². The number of ether oxygens (including phenoxy) is 1. The van der Waals surface area contributed by atoms with Gasteiger partial charge in [-0.1, -0.05) is 6.07 Å². The summed E-state index contributed by atoms with van der Waals surface area (Å²) in [6, 6.07) is 6.63. The van der Waals surface area contributed by atoms with Crippen LogP contribution in [0.5, 0.6) is 0 Å². The van der Waals surface area contributed by atoms with E-state index in [9.17, 15) is 5.11 Å². The van der Waals surface area contributed by atoms with E-state index in [0.29, 0.717) is 12.0 Å². The van der Waals surface area contributed by atoms with Crippen LogP contribution in [0.2, 0.25) is 0 Å². The van der Waals surface area contributed by atoms with Crippen molar-refractivity contribution in [3.8, 4) is 0 Å². The highest BCUT2D eigenvalue weighted by atomic mass is 16.5. The number of aromatic nitrogens is 1. The van der Waals surface area contributed by atoms with Crippen LogP contribution in [0.1, 0.15) is 24.2 Å². The molecule has 4 atom stereocenters. The predicted molar refractivity (Wildman–Crippen MR) is 97.5 cm³/mol. The molecule has 4 rings (SSSR count). The average Bonchev–Trinajstić information content (AvgIpc) is 3.02. The summed E-state index contributed by atoms with van der Waals surface area (Å²) in [6.07, 6.45) is 2.96. The van der Waals surface area contributed by atoms with Crippen molar-refractivity contribution in [3.63, 3.8) is 0 Å². The molecule has 25 heavy (non-hydrogen) atoms. The van der Waals surface area contributed by atoms with E-state index < -0.39 is 0 Å². The lowest BCUT2D eigenvalue weighted by Gasteiger charge is -2.43. The number of nitrogens with zero attached hydrogens (tertiary/aromatic N) is 3. The number of likely N-dealkylation sites (tertiary alicyclic amines) is 1. The first-order valence-electron chi connectivity index (χ1n) is 9.84. The van der Waals surface area contributed by atoms with Crippen LogP contribution in [-0.2, 0) is 11.2 Å². The first kappa shape index (κ1) is 17.4. The summed E-state index contributed by atoms with van der Waals surface area (Å²) < 4.78 is 5.47. The third-order valence-electron chi connectivity index (χ3n) is 6.33. The molecular weight excluding hydrogens is 314 g/mol. The zero-order valence-corrected chi connectivity index (χ0v) is 15.3. The van der Waals surface area contributed by atoms with Gasteiger partial charge in [0.15, 0.2) is 0 Å². The smallest absolute Gasteiger partial charge is 0.0698 e. The molecule has 1 aromatic rings. The number of hydrogen-bond donors (Lipinski definition) is 1. The number of aryl methyl sites for hydroxylation is 1. The van der Waals surface area contributed by atoms with Crippen LogP contribution in [0.4, 0.5) is 0 Å². The number of pyridine rings is 1. The Bertz CT molecular complexity index is 576. The molecule has 1 aliphatic carbocycles. The van der Waals surface area contributed by atoms with E-state index in [2.05, 4.69) is 39.9 Å². The molecule has 1 saturated carbocycles. The number of rotatable bonds is 4. The standard InChI is InChI=1S/C20H31N3O2/c1-15-3-2-4-18(21-15)5-6-22-13-16-11-19(20(24)12-17(16)14-22)23-7-9-25-10-8-23/h2-4,16-17,19-20,24H,5-14H2,1H3/t16-,17+,19-,20-/m1/s1. The van der Waals surface area contributed by atoms with Crippen LogP contribution in [-0.4, -0.2) is 78.0 Å². The molecule has 3 fully saturated rings. The van der Waals surface area contributed by atoms with Crippen molar-refractivity contribution in [1.29, 1.82) is 0 Å². The van der Waals surface area contributed by atoms with E-state index in [-0.39, 0.29) is 6.10 Å². The van der Waals surface area contributed by atoms with Crippen LogP contribution in [0.15, 0.2) is 18.2 Å². The summed E-state index contributed by atoms with van der Waals surface area (Å²) in [7, 11) is 0. The zero-order valence-electron chi connectivity index (χ0n) is 15.3. The van der Waals surface area contributed by atoms with Gasteiger partial charge in [-0.15, -0.1) is 0 Å². The molecular formula is C20H31N3O2. The Kier molecular flexibility index (Phi) is 5.36. The Balaban J connectivity index is 1.31. The maximum atomic E-state index is 10.7. The van der Waals surface area contributed by atoms with Crippen molar-refractivity contribution >= 4 is 0 Å². The maximum Gasteiger partial charge on any atom is 0.0698 e. The van der Waals surface area contributed by atoms with Gasteiger partial charge in [-0.05, 0) is 43.7 Å². The van der Waals surface area contributed by atoms with E-state index in [1.807, 2.05) is 0 Å². The molecule has 0 radical (unpaired) electrons. The molecule has 5 heteroatoms. The monoisotopic (exact) mass is 345 g/mol. The molecule has 0 amide bonds. The van der Waals surface area contributed by atoms with E-state index >= 15 is 0 Å². The summed E-state index contributed by atoms with van der Waals surface area (Å²) >= 11 is 0. The summed E-state index contributed by atoms with van der Waals surface area (Å²) in [4.78, 5) is 9.68. The third-order valence-corrected chi connectivity index (χ3v) is 6.33. The number of aliphatic hydroxyl groups is 1. The molecule has 2 aliphatic heterocycles. The van der Waals surface area contributed by atoms with Gasteiger partial charge in [0.05, 0.1) is 19.3 Å². The van der Waals surface area contributed by atoms with Gasteiger partial charge in [-0.2, -0.15) is 0 Å². The normalized spacial score (nSPS) is 34.2. The molecule has 138 valence electrons. The fourth-order valence-corrected chi connectivity index (χ4v) is 5.00. The molecule has 2 saturated heterocycles. The number of hydrogen-bond acceptors (Lipinski definition) is 5. The molecule has 5 nitrogen and oxygen atoms in total. The summed E-state index contributed by atoms with van der Waals surface area (Å²) in [5.74, 6) is 1.40. The summed E-state index contributed by atoms with van der Waals surface area (Å²) in [5, 5.41) is 10.7. The van der Waals surface area contributed by atoms with Crippen molar-refractivity contribution in [2.75, 3.05) is 45.9 Å². The van der Waals surface area contributed by atoms with Crippen molar-refractivity contribution < 1.29 is 9.84 Å². The van der Waals surface area contributed by atoms with Crippen LogP contribution in [0.25, 0.3) is 0 Å². The Morgan fingerprint density at radius 3 is 2.68 bits per heavy atom. The molecule has 1 N–H and O–H groups in total. The lowest BCUT2D eigenvalue weighted by atomic mass is 9.77. The number of aliphatic hydroxyl groups excluding tert-OH is 1. The molecule has 0 unspecified atom stereocenters. The average molecular weight is 345 g/mol. The molecule has 0 bridgehead atoms. The fraction of sp³-hybridized carbons (Fsp3) is 0.750. The minimum absolute atomic E-state index is 0.169. The molecule has 3 aliphatic rings. The first-order chi connectivity index (χ1) is 12.2. The van der Waals surface area contributed by atoms with E-state index in [1.54, 1.807) is 0 Å². The number of morpholine rings is 1. The Hall–Kier alpha value is -1.01. The van der Waals surface area contributed by atoms with Crippen molar-refractivity contribution in [2.24, 2.45) is 11.8 Å². The van der Waals surface area contributed by atoms with Crippen LogP contribution in [0.3, 0.4) is 0 Å². The predicted octanol–water partition coefficient (Wildman–Crippen LogP) is 1.34. The Morgan fingerprint density at radius 1 is 1.16 bits per heavy atom. The highest BCUT2D eigenvalue weighted by Gasteiger charge is 2.43. The quantitative estimate of drug-likeness (QED) is 0.892. The summed E-state index contributed by atoms with van der Waals surface area (Å²) in [6.45, 7) is 9.04. The minimum Gasteiger partial charge on any atom is -0.391 e. The highest BCUT2D eigenvalue weighted by Crippen LogP contribution is 2.38. The van der Waals surface area contributed by atoms with E-state index in [0.717, 1.165) is 70.3 Å². The highest BCUT2D eigenvalue weighted by molar-refractivity contribution is 5.10. The van der Waals surface area contributed by atoms with Gasteiger partial charge >= 0.3 is 0 Å². The van der Waals surface area contributed by atoms with E-state index in [4.69, 9.17) is 4.74 Å². The molecule has 0 aromatic carbocycles. The third kappa shape index (κ3) is 4.05. The van der Waals surface area contributed by atoms with Gasteiger partial charge in [0.1, 0.15) is 0 Å². The van der Waals surface area contributed by atoms with Crippen molar-refractivity contribution in [1.82, 2.24) is 14.8 Å². The second-order valence-corrected chi connectivity index (χ2v) is 8.05. The topological polar surface area (TPSA) is 48.8 Å². The van der Waals surface area contributed by atoms with Crippen molar-refractivity contribution in [3.05, 3.63) is 29.6 Å². The zero-order chi connectivity index (χ0) is 17.2. The van der Waals surface area contributed by atoms with Crippen molar-refractivity contribution in [2.45, 2.75) is 38.3 Å². The van der Waals surface area contributed by atoms with Crippen LogP contribution < -0.4 is 0 Å². The van der Waals surface area contributed by atoms with Gasteiger partial charge in [0.25, 0.3) is 0 Å². The molecule has 3 heterocycles. The van der Waals surface area contributed by atoms with Gasteiger partial charge in [0, 0.05) is 56.6 Å². The summed E-state index contributed by atoms with van der Waals surface area (Å²) in [5.41, 5.74) is 2.30. The van der Waals surface area contributed by atoms with E-state index in [1.165, 1.54) is 12.2 Å². The van der Waals surface area contributed by atoms with Gasteiger partial charge in [0.2, 0.25) is 0 Å². The van der Waals surface area contributed by atoms with Crippen LogP contribution in [0, 0.1) is 18.8 Å². The second kappa shape index (κ2) is 7.70. The maximum absolute atomic E-state index is 10.7. The Morgan fingerprint density at radius 2 is 1.92 bits per heavy atom. The fourth-order valence-electron chi connectivity index (χ4n) is 5.00. The number of fused-ring (bicyclic) bond motifs is 1. The van der Waals surface area contributed by atoms with Gasteiger partial charge in [-0.3, -0.25) is 9.88 Å². The SMILES string of the molecule is Cc1cccc(CCN2C[C@H]3C[C@@H](N4CCOCC4)[C@H](O)C[C@H]3C2)n1. The lowest BCUT2D eigenvalue weighted by Crippen LogP contribution is -2.53. The van der Waals surface area contributed by atoms with Gasteiger partial charge in [-0.25, -0.2) is 0 Å². The van der Waals surface area contributed by atoms with Crippen LogP contribution >= 0.6 is 0 Å².